The molecule has 0 heterocycles. The van der Waals surface area contributed by atoms with E-state index in [-0.39, 0.29) is 0 Å². The molecule has 0 saturated heterocycles. The maximum absolute atomic E-state index is 4.98. The third-order valence-corrected chi connectivity index (χ3v) is 2.32. The number of hydrazone groups is 2. The summed E-state index contributed by atoms with van der Waals surface area (Å²) in [6, 6.07) is 0. The van der Waals surface area contributed by atoms with E-state index in [1.807, 2.05) is 27.7 Å². The van der Waals surface area contributed by atoms with Crippen molar-refractivity contribution in [3.8, 4) is 0 Å². The lowest BCUT2D eigenvalue weighted by Crippen LogP contribution is -2.34. The van der Waals surface area contributed by atoms with Crippen molar-refractivity contribution in [2.75, 3.05) is 13.1 Å². The number of nitrogens with one attached hydrogen (secondary N) is 4. The Balaban J connectivity index is 4.26. The smallest absolute Gasteiger partial charge is 0.186 e. The van der Waals surface area contributed by atoms with Gasteiger partial charge in [-0.1, -0.05) is 0 Å². The summed E-state index contributed by atoms with van der Waals surface area (Å²) in [5.74, 6) is 0. The number of nitrogens with zero attached hydrogens (tertiary/aromatic N) is 2. The highest BCUT2D eigenvalue weighted by Gasteiger charge is 1.98. The highest BCUT2D eigenvalue weighted by Crippen LogP contribution is 1.82. The standard InChI is InChI=1S/C10H20N6S2/c1-5-11-9(17)15-13-7(3)8(4)14-16-10(18)12-6-2/h5-6H2,1-4H3,(H2,11,15,17)(H2,12,16,18). The summed E-state index contributed by atoms with van der Waals surface area (Å²) in [6.45, 7) is 9.10. The number of hydrogen-bond donors (Lipinski definition) is 4. The predicted octanol–water partition coefficient (Wildman–Crippen LogP) is 0.706. The molecule has 0 aliphatic heterocycles. The van der Waals surface area contributed by atoms with Crippen LogP contribution in [0.4, 0.5) is 0 Å². The Kier molecular flexibility index (Phi) is 9.03. The van der Waals surface area contributed by atoms with E-state index >= 15 is 0 Å². The van der Waals surface area contributed by atoms with Gasteiger partial charge in [0, 0.05) is 13.1 Å². The molecule has 0 atom stereocenters. The van der Waals surface area contributed by atoms with Crippen molar-refractivity contribution in [1.82, 2.24) is 21.5 Å². The average molecular weight is 288 g/mol. The molecule has 102 valence electrons. The molecular weight excluding hydrogens is 268 g/mol. The van der Waals surface area contributed by atoms with Crippen LogP contribution in [-0.2, 0) is 0 Å². The minimum Gasteiger partial charge on any atom is -0.362 e. The molecule has 0 aliphatic rings. The Morgan fingerprint density at radius 2 is 1.17 bits per heavy atom. The van der Waals surface area contributed by atoms with Crippen molar-refractivity contribution >= 4 is 46.1 Å². The first kappa shape index (κ1) is 16.7. The molecule has 0 aromatic carbocycles. The number of rotatable bonds is 5. The third-order valence-electron chi connectivity index (χ3n) is 1.85. The molecule has 0 radical (unpaired) electrons. The zero-order valence-corrected chi connectivity index (χ0v) is 12.8. The molecule has 0 fully saturated rings. The van der Waals surface area contributed by atoms with Crippen molar-refractivity contribution in [2.45, 2.75) is 27.7 Å². The van der Waals surface area contributed by atoms with Crippen LogP contribution in [0, 0.1) is 0 Å². The van der Waals surface area contributed by atoms with Crippen LogP contribution in [0.3, 0.4) is 0 Å². The van der Waals surface area contributed by atoms with Crippen molar-refractivity contribution in [1.29, 1.82) is 0 Å². The second kappa shape index (κ2) is 9.72. The zero-order valence-electron chi connectivity index (χ0n) is 11.1. The van der Waals surface area contributed by atoms with Gasteiger partial charge in [0.1, 0.15) is 0 Å². The second-order valence-corrected chi connectivity index (χ2v) is 4.15. The normalized spacial score (nSPS) is 11.8. The fourth-order valence-corrected chi connectivity index (χ4v) is 1.21. The van der Waals surface area contributed by atoms with Gasteiger partial charge in [0.05, 0.1) is 11.4 Å². The summed E-state index contributed by atoms with van der Waals surface area (Å²) in [5, 5.41) is 15.0. The average Bonchev–Trinajstić information content (AvgIpc) is 2.33. The molecule has 0 aromatic rings. The third kappa shape index (κ3) is 7.91. The van der Waals surface area contributed by atoms with Crippen molar-refractivity contribution in [2.24, 2.45) is 10.2 Å². The molecule has 0 unspecified atom stereocenters. The molecule has 8 heteroatoms. The molecule has 0 bridgehead atoms. The summed E-state index contributed by atoms with van der Waals surface area (Å²) < 4.78 is 0. The van der Waals surface area contributed by atoms with Crippen LogP contribution in [0.5, 0.6) is 0 Å². The molecule has 4 N–H and O–H groups in total. The Labute approximate surface area is 119 Å². The summed E-state index contributed by atoms with van der Waals surface area (Å²) in [7, 11) is 0. The molecular formula is C10H20N6S2. The molecule has 0 amide bonds. The van der Waals surface area contributed by atoms with Gasteiger partial charge in [-0.2, -0.15) is 10.2 Å². The SMILES string of the molecule is CCNC(=S)NN=C(C)C(C)=NNC(=S)NCC. The molecule has 6 nitrogen and oxygen atoms in total. The van der Waals surface area contributed by atoms with E-state index in [0.717, 1.165) is 24.5 Å². The van der Waals surface area contributed by atoms with Gasteiger partial charge < -0.3 is 10.6 Å². The van der Waals surface area contributed by atoms with Crippen LogP contribution in [0.2, 0.25) is 0 Å². The lowest BCUT2D eigenvalue weighted by Gasteiger charge is -2.07. The van der Waals surface area contributed by atoms with E-state index in [4.69, 9.17) is 24.4 Å². The van der Waals surface area contributed by atoms with Gasteiger partial charge in [0.2, 0.25) is 0 Å². The van der Waals surface area contributed by atoms with E-state index in [2.05, 4.69) is 31.7 Å². The summed E-state index contributed by atoms with van der Waals surface area (Å²) >= 11 is 9.97. The lowest BCUT2D eigenvalue weighted by atomic mass is 10.3. The summed E-state index contributed by atoms with van der Waals surface area (Å²) in [5.41, 5.74) is 6.90. The van der Waals surface area contributed by atoms with Gasteiger partial charge in [-0.25, -0.2) is 0 Å². The fourth-order valence-electron chi connectivity index (χ4n) is 0.831. The number of thiocarbonyl (C=S) groups is 2. The van der Waals surface area contributed by atoms with Gasteiger partial charge in [0.25, 0.3) is 0 Å². The van der Waals surface area contributed by atoms with E-state index in [1.165, 1.54) is 0 Å². The van der Waals surface area contributed by atoms with Crippen LogP contribution >= 0.6 is 24.4 Å². The lowest BCUT2D eigenvalue weighted by molar-refractivity contribution is 0.896. The monoisotopic (exact) mass is 288 g/mol. The Morgan fingerprint density at radius 1 is 0.833 bits per heavy atom. The van der Waals surface area contributed by atoms with Gasteiger partial charge in [-0.15, -0.1) is 0 Å². The van der Waals surface area contributed by atoms with Crippen molar-refractivity contribution in [3.63, 3.8) is 0 Å². The predicted molar refractivity (Wildman–Crippen MR) is 85.0 cm³/mol. The van der Waals surface area contributed by atoms with Gasteiger partial charge >= 0.3 is 0 Å². The minimum absolute atomic E-state index is 0.487. The fraction of sp³-hybridized carbons (Fsp3) is 0.600. The van der Waals surface area contributed by atoms with E-state index in [0.29, 0.717) is 10.2 Å². The molecule has 0 spiro atoms. The summed E-state index contributed by atoms with van der Waals surface area (Å²) in [6.07, 6.45) is 0. The molecule has 0 aromatic heterocycles. The first-order chi connectivity index (χ1) is 8.51. The van der Waals surface area contributed by atoms with Gasteiger partial charge in [-0.05, 0) is 52.1 Å². The van der Waals surface area contributed by atoms with Crippen molar-refractivity contribution in [3.05, 3.63) is 0 Å². The van der Waals surface area contributed by atoms with E-state index < -0.39 is 0 Å². The van der Waals surface area contributed by atoms with Crippen LogP contribution < -0.4 is 21.5 Å². The molecule has 0 saturated carbocycles. The largest absolute Gasteiger partial charge is 0.362 e. The van der Waals surface area contributed by atoms with E-state index in [9.17, 15) is 0 Å². The van der Waals surface area contributed by atoms with Gasteiger partial charge in [-0.3, -0.25) is 10.9 Å². The zero-order chi connectivity index (χ0) is 14.0. The van der Waals surface area contributed by atoms with Crippen LogP contribution in [-0.4, -0.2) is 34.7 Å². The van der Waals surface area contributed by atoms with Crippen LogP contribution in [0.25, 0.3) is 0 Å². The first-order valence-corrected chi connectivity index (χ1v) is 6.49. The molecule has 0 aliphatic carbocycles. The Bertz CT molecular complexity index is 316. The van der Waals surface area contributed by atoms with Crippen molar-refractivity contribution < 1.29 is 0 Å². The Hall–Kier alpha value is -1.28. The maximum atomic E-state index is 4.98. The number of hydrogen-bond acceptors (Lipinski definition) is 4. The highest BCUT2D eigenvalue weighted by atomic mass is 32.1. The minimum atomic E-state index is 0.487. The second-order valence-electron chi connectivity index (χ2n) is 3.34. The molecule has 18 heavy (non-hydrogen) atoms. The van der Waals surface area contributed by atoms with Gasteiger partial charge in [0.15, 0.2) is 10.2 Å². The maximum Gasteiger partial charge on any atom is 0.186 e. The van der Waals surface area contributed by atoms with E-state index in [1.54, 1.807) is 0 Å². The quantitative estimate of drug-likeness (QED) is 0.339. The summed E-state index contributed by atoms with van der Waals surface area (Å²) in [4.78, 5) is 0. The van der Waals surface area contributed by atoms with Crippen LogP contribution in [0.1, 0.15) is 27.7 Å². The van der Waals surface area contributed by atoms with Crippen LogP contribution in [0.15, 0.2) is 10.2 Å². The Morgan fingerprint density at radius 3 is 1.44 bits per heavy atom. The highest BCUT2D eigenvalue weighted by molar-refractivity contribution is 7.80. The molecule has 0 rings (SSSR count). The topological polar surface area (TPSA) is 72.8 Å². The first-order valence-electron chi connectivity index (χ1n) is 5.67.